The number of carbonyl (C=O) groups is 5. The van der Waals surface area contributed by atoms with Crippen molar-refractivity contribution in [2.75, 3.05) is 58.9 Å². The second kappa shape index (κ2) is 14.2. The SMILES string of the molecule is NCCN(CCN(CC(=O)O)CC(=O)O)CCN(CC(=O)O)C(CC(N)=O)C(=O)O. The molecule has 0 bridgehead atoms. The molecule has 0 aliphatic heterocycles. The Bertz CT molecular complexity index is 600. The number of carboxylic acid groups (broad SMARTS) is 4. The third-order valence-electron chi connectivity index (χ3n) is 4.06. The van der Waals surface area contributed by atoms with Crippen LogP contribution in [0.1, 0.15) is 6.42 Å². The fraction of sp³-hybridized carbons (Fsp3) is 0.688. The molecule has 0 fully saturated rings. The van der Waals surface area contributed by atoms with E-state index < -0.39 is 61.9 Å². The molecule has 8 N–H and O–H groups in total. The number of amides is 1. The summed E-state index contributed by atoms with van der Waals surface area (Å²) in [7, 11) is 0. The maximum absolute atomic E-state index is 11.5. The van der Waals surface area contributed by atoms with Crippen LogP contribution in [0.3, 0.4) is 0 Å². The highest BCUT2D eigenvalue weighted by atomic mass is 16.4. The highest BCUT2D eigenvalue weighted by Crippen LogP contribution is 2.06. The molecule has 0 aromatic heterocycles. The second-order valence-corrected chi connectivity index (χ2v) is 6.52. The lowest BCUT2D eigenvalue weighted by molar-refractivity contribution is -0.148. The number of nitrogens with zero attached hydrogens (tertiary/aromatic N) is 3. The van der Waals surface area contributed by atoms with E-state index in [0.717, 1.165) is 4.90 Å². The lowest BCUT2D eigenvalue weighted by Crippen LogP contribution is -2.50. The Hall–Kier alpha value is -2.81. The van der Waals surface area contributed by atoms with Gasteiger partial charge in [0.15, 0.2) is 0 Å². The Morgan fingerprint density at radius 1 is 0.700 bits per heavy atom. The van der Waals surface area contributed by atoms with Crippen LogP contribution < -0.4 is 11.5 Å². The van der Waals surface area contributed by atoms with Crippen LogP contribution in [0, 0.1) is 0 Å². The molecule has 0 aromatic carbocycles. The van der Waals surface area contributed by atoms with Crippen LogP contribution in [0.4, 0.5) is 0 Å². The van der Waals surface area contributed by atoms with Crippen LogP contribution in [-0.2, 0) is 24.0 Å². The lowest BCUT2D eigenvalue weighted by Gasteiger charge is -2.31. The first-order valence-electron chi connectivity index (χ1n) is 9.01. The van der Waals surface area contributed by atoms with E-state index in [-0.39, 0.29) is 32.7 Å². The van der Waals surface area contributed by atoms with Crippen molar-refractivity contribution in [1.82, 2.24) is 14.7 Å². The van der Waals surface area contributed by atoms with Crippen LogP contribution in [0.15, 0.2) is 0 Å². The highest BCUT2D eigenvalue weighted by Gasteiger charge is 2.29. The quantitative estimate of drug-likeness (QED) is 0.123. The smallest absolute Gasteiger partial charge is 0.321 e. The van der Waals surface area contributed by atoms with Gasteiger partial charge in [0, 0.05) is 39.3 Å². The molecule has 0 saturated heterocycles. The van der Waals surface area contributed by atoms with Crippen molar-refractivity contribution < 1.29 is 44.4 Å². The number of primary amides is 1. The van der Waals surface area contributed by atoms with Gasteiger partial charge in [-0.25, -0.2) is 0 Å². The van der Waals surface area contributed by atoms with E-state index in [1.165, 1.54) is 4.90 Å². The topological polar surface area (TPSA) is 228 Å². The van der Waals surface area contributed by atoms with Crippen LogP contribution >= 0.6 is 0 Å². The fourth-order valence-electron chi connectivity index (χ4n) is 2.75. The molecule has 1 atom stereocenters. The molecule has 0 rings (SSSR count). The number of carbonyl (C=O) groups excluding carboxylic acids is 1. The van der Waals surface area contributed by atoms with Crippen LogP contribution in [0.25, 0.3) is 0 Å². The zero-order valence-corrected chi connectivity index (χ0v) is 16.5. The van der Waals surface area contributed by atoms with Crippen LogP contribution in [0.2, 0.25) is 0 Å². The number of carboxylic acids is 4. The molecular formula is C16H29N5O9. The Kier molecular flexibility index (Phi) is 12.9. The molecule has 1 unspecified atom stereocenters. The molecule has 0 aliphatic carbocycles. The van der Waals surface area contributed by atoms with Crippen molar-refractivity contribution in [1.29, 1.82) is 0 Å². The number of aliphatic carboxylic acids is 4. The van der Waals surface area contributed by atoms with Gasteiger partial charge in [0.25, 0.3) is 0 Å². The molecule has 30 heavy (non-hydrogen) atoms. The monoisotopic (exact) mass is 435 g/mol. The lowest BCUT2D eigenvalue weighted by atomic mass is 10.1. The largest absolute Gasteiger partial charge is 0.480 e. The van der Waals surface area contributed by atoms with Crippen molar-refractivity contribution >= 4 is 29.8 Å². The van der Waals surface area contributed by atoms with Gasteiger partial charge in [0.05, 0.1) is 26.1 Å². The van der Waals surface area contributed by atoms with Gasteiger partial charge in [-0.1, -0.05) is 0 Å². The average Bonchev–Trinajstić information content (AvgIpc) is 2.59. The normalized spacial score (nSPS) is 12.3. The second-order valence-electron chi connectivity index (χ2n) is 6.52. The molecule has 0 heterocycles. The minimum Gasteiger partial charge on any atom is -0.480 e. The summed E-state index contributed by atoms with van der Waals surface area (Å²) in [4.78, 5) is 59.5. The van der Waals surface area contributed by atoms with Crippen molar-refractivity contribution in [2.24, 2.45) is 11.5 Å². The van der Waals surface area contributed by atoms with E-state index in [1.54, 1.807) is 4.90 Å². The number of hydrogen-bond donors (Lipinski definition) is 6. The summed E-state index contributed by atoms with van der Waals surface area (Å²) in [5.74, 6) is -5.95. The van der Waals surface area contributed by atoms with Crippen molar-refractivity contribution in [2.45, 2.75) is 12.5 Å². The van der Waals surface area contributed by atoms with Crippen LogP contribution in [0.5, 0.6) is 0 Å². The summed E-state index contributed by atoms with van der Waals surface area (Å²) in [6, 6.07) is -1.42. The van der Waals surface area contributed by atoms with Gasteiger partial charge < -0.3 is 31.9 Å². The Morgan fingerprint density at radius 2 is 1.17 bits per heavy atom. The molecule has 0 spiro atoms. The summed E-state index contributed by atoms with van der Waals surface area (Å²) < 4.78 is 0. The summed E-state index contributed by atoms with van der Waals surface area (Å²) in [6.07, 6.45) is -0.565. The van der Waals surface area contributed by atoms with Crippen molar-refractivity contribution in [3.05, 3.63) is 0 Å². The number of hydrogen-bond acceptors (Lipinski definition) is 9. The zero-order chi connectivity index (χ0) is 23.3. The van der Waals surface area contributed by atoms with Crippen molar-refractivity contribution in [3.8, 4) is 0 Å². The fourth-order valence-corrected chi connectivity index (χ4v) is 2.75. The predicted molar refractivity (Wildman–Crippen MR) is 102 cm³/mol. The molecule has 0 saturated carbocycles. The van der Waals surface area contributed by atoms with E-state index in [1.807, 2.05) is 0 Å². The van der Waals surface area contributed by atoms with Gasteiger partial charge in [0.2, 0.25) is 5.91 Å². The maximum Gasteiger partial charge on any atom is 0.321 e. The first kappa shape index (κ1) is 27.2. The van der Waals surface area contributed by atoms with Gasteiger partial charge >= 0.3 is 23.9 Å². The van der Waals surface area contributed by atoms with E-state index in [4.69, 9.17) is 26.8 Å². The van der Waals surface area contributed by atoms with Gasteiger partial charge in [-0.05, 0) is 0 Å². The molecular weight excluding hydrogens is 406 g/mol. The molecule has 1 amide bonds. The third-order valence-corrected chi connectivity index (χ3v) is 4.06. The molecule has 14 heteroatoms. The van der Waals surface area contributed by atoms with Gasteiger partial charge in [0.1, 0.15) is 6.04 Å². The summed E-state index contributed by atoms with van der Waals surface area (Å²) in [5, 5.41) is 36.2. The first-order valence-corrected chi connectivity index (χ1v) is 9.01. The Labute approximate surface area is 172 Å². The van der Waals surface area contributed by atoms with E-state index in [0.29, 0.717) is 6.54 Å². The third kappa shape index (κ3) is 12.6. The first-order chi connectivity index (χ1) is 14.0. The summed E-state index contributed by atoms with van der Waals surface area (Å²) >= 11 is 0. The molecule has 14 nitrogen and oxygen atoms in total. The van der Waals surface area contributed by atoms with Crippen molar-refractivity contribution in [3.63, 3.8) is 0 Å². The number of rotatable bonds is 18. The Balaban J connectivity index is 5.13. The van der Waals surface area contributed by atoms with Gasteiger partial charge in [-0.3, -0.25) is 38.7 Å². The minimum absolute atomic E-state index is 0.0472. The number of nitrogens with two attached hydrogens (primary N) is 2. The minimum atomic E-state index is -1.42. The standard InChI is InChI=1S/C16H29N5O9/c17-1-2-19(3-4-20(8-13(23)24)9-14(25)26)5-6-21(10-15(27)28)11(16(29)30)7-12(18)22/h11H,1-10,17H2,(H2,18,22)(H,23,24)(H,25,26)(H,27,28)(H,29,30). The summed E-state index contributed by atoms with van der Waals surface area (Å²) in [6.45, 7) is -0.655. The maximum atomic E-state index is 11.5. The van der Waals surface area contributed by atoms with Gasteiger partial charge in [-0.2, -0.15) is 0 Å². The molecule has 172 valence electrons. The van der Waals surface area contributed by atoms with Gasteiger partial charge in [-0.15, -0.1) is 0 Å². The Morgan fingerprint density at radius 3 is 1.57 bits per heavy atom. The van der Waals surface area contributed by atoms with E-state index in [2.05, 4.69) is 0 Å². The molecule has 0 aromatic rings. The highest BCUT2D eigenvalue weighted by molar-refractivity contribution is 5.84. The average molecular weight is 435 g/mol. The summed E-state index contributed by atoms with van der Waals surface area (Å²) in [5.41, 5.74) is 10.6. The van der Waals surface area contributed by atoms with E-state index in [9.17, 15) is 29.1 Å². The van der Waals surface area contributed by atoms with Crippen LogP contribution in [-0.4, -0.2) is 130 Å². The predicted octanol–water partition coefficient (Wildman–Crippen LogP) is -3.57. The zero-order valence-electron chi connectivity index (χ0n) is 16.5. The molecule has 0 aliphatic rings. The van der Waals surface area contributed by atoms with E-state index >= 15 is 0 Å². The molecule has 0 radical (unpaired) electrons.